The Morgan fingerprint density at radius 2 is 1.91 bits per heavy atom. The summed E-state index contributed by atoms with van der Waals surface area (Å²) in [5, 5.41) is 13.2. The molecule has 4 rings (SSSR count). The summed E-state index contributed by atoms with van der Waals surface area (Å²) in [6.07, 6.45) is 8.65. The van der Waals surface area contributed by atoms with E-state index in [9.17, 15) is 4.79 Å². The predicted molar refractivity (Wildman–Crippen MR) is 139 cm³/mol. The predicted octanol–water partition coefficient (Wildman–Crippen LogP) is 4.64. The van der Waals surface area contributed by atoms with Crippen LogP contribution in [0.5, 0.6) is 5.75 Å². The van der Waals surface area contributed by atoms with E-state index in [-0.39, 0.29) is 11.7 Å². The minimum Gasteiger partial charge on any atom is -0.494 e. The second-order valence-corrected chi connectivity index (χ2v) is 8.12. The highest BCUT2D eigenvalue weighted by atomic mass is 32.2. The first-order valence-electron chi connectivity index (χ1n) is 11.0. The summed E-state index contributed by atoms with van der Waals surface area (Å²) in [4.78, 5) is 16.5. The van der Waals surface area contributed by atoms with Crippen LogP contribution in [-0.2, 0) is 4.79 Å². The third kappa shape index (κ3) is 6.64. The Hall–Kier alpha value is -4.24. The van der Waals surface area contributed by atoms with Gasteiger partial charge >= 0.3 is 0 Å². The summed E-state index contributed by atoms with van der Waals surface area (Å²) in [6, 6.07) is 21.3. The highest BCUT2D eigenvalue weighted by Crippen LogP contribution is 2.28. The lowest BCUT2D eigenvalue weighted by atomic mass is 10.2. The van der Waals surface area contributed by atoms with Crippen LogP contribution in [0.3, 0.4) is 0 Å². The molecule has 0 atom stereocenters. The molecule has 1 N–H and O–H groups in total. The maximum Gasteiger partial charge on any atom is 0.250 e. The number of hydrogen-bond donors (Lipinski definition) is 1. The molecular weight excluding hydrogens is 460 g/mol. The molecule has 9 heteroatoms. The first-order valence-corrected chi connectivity index (χ1v) is 12.0. The molecule has 0 unspecified atom stereocenters. The number of allylic oxidation sites excluding steroid dienone is 1. The lowest BCUT2D eigenvalue weighted by Gasteiger charge is -2.11. The Bertz CT molecular complexity index is 1290. The Balaban J connectivity index is 1.45. The van der Waals surface area contributed by atoms with Crippen molar-refractivity contribution in [1.82, 2.24) is 25.2 Å². The molecule has 8 nitrogen and oxygen atoms in total. The van der Waals surface area contributed by atoms with Gasteiger partial charge in [-0.05, 0) is 55.0 Å². The van der Waals surface area contributed by atoms with Crippen LogP contribution in [0, 0.1) is 0 Å². The van der Waals surface area contributed by atoms with Gasteiger partial charge in [0.2, 0.25) is 0 Å². The first-order chi connectivity index (χ1) is 17.2. The summed E-state index contributed by atoms with van der Waals surface area (Å²) >= 11 is 1.27. The van der Waals surface area contributed by atoms with Crippen molar-refractivity contribution in [2.24, 2.45) is 5.10 Å². The molecule has 0 bridgehead atoms. The standard InChI is InChI=1S/C26H24N6O2S/c1-2-34-23-14-12-22(13-15-23)32-25(21-11-7-16-27-18-21)30-31-26(32)35-19-24(33)29-28-17-6-10-20-8-4-3-5-9-20/h3-18H,2,19H2,1H3,(H,29,33). The molecule has 0 radical (unpaired) electrons. The molecule has 0 saturated carbocycles. The van der Waals surface area contributed by atoms with Crippen LogP contribution in [0.1, 0.15) is 12.5 Å². The van der Waals surface area contributed by atoms with E-state index in [4.69, 9.17) is 4.74 Å². The van der Waals surface area contributed by atoms with Gasteiger partial charge in [0.05, 0.1) is 12.4 Å². The third-order valence-corrected chi connectivity index (χ3v) is 5.66. The van der Waals surface area contributed by atoms with Crippen LogP contribution in [0.4, 0.5) is 0 Å². The summed E-state index contributed by atoms with van der Waals surface area (Å²) in [5.74, 6) is 1.29. The molecule has 0 saturated heterocycles. The van der Waals surface area contributed by atoms with E-state index in [0.717, 1.165) is 22.6 Å². The molecule has 0 aliphatic rings. The van der Waals surface area contributed by atoms with E-state index in [2.05, 4.69) is 25.7 Å². The zero-order chi connectivity index (χ0) is 24.3. The number of amides is 1. The largest absolute Gasteiger partial charge is 0.494 e. The molecule has 176 valence electrons. The number of carbonyl (C=O) groups is 1. The second kappa shape index (κ2) is 12.3. The Morgan fingerprint density at radius 3 is 2.66 bits per heavy atom. The zero-order valence-corrected chi connectivity index (χ0v) is 19.9. The quantitative estimate of drug-likeness (QED) is 0.200. The van der Waals surface area contributed by atoms with Gasteiger partial charge in [-0.3, -0.25) is 14.3 Å². The van der Waals surface area contributed by atoms with Gasteiger partial charge in [0.15, 0.2) is 11.0 Å². The molecule has 0 aliphatic carbocycles. The maximum atomic E-state index is 12.3. The number of ether oxygens (including phenoxy) is 1. The number of nitrogens with one attached hydrogen (secondary N) is 1. The molecule has 2 aromatic heterocycles. The van der Waals surface area contributed by atoms with E-state index in [1.54, 1.807) is 24.7 Å². The molecule has 0 aliphatic heterocycles. The monoisotopic (exact) mass is 484 g/mol. The minimum atomic E-state index is -0.247. The molecular formula is C26H24N6O2S. The lowest BCUT2D eigenvalue weighted by Crippen LogP contribution is -2.19. The van der Waals surface area contributed by atoms with Crippen LogP contribution in [0.25, 0.3) is 23.2 Å². The smallest absolute Gasteiger partial charge is 0.250 e. The van der Waals surface area contributed by atoms with E-state index in [0.29, 0.717) is 17.6 Å². The van der Waals surface area contributed by atoms with Crippen molar-refractivity contribution in [3.63, 3.8) is 0 Å². The van der Waals surface area contributed by atoms with Gasteiger partial charge in [-0.25, -0.2) is 5.43 Å². The van der Waals surface area contributed by atoms with Crippen LogP contribution in [0.15, 0.2) is 95.5 Å². The van der Waals surface area contributed by atoms with Crippen molar-refractivity contribution in [2.75, 3.05) is 12.4 Å². The number of nitrogens with zero attached hydrogens (tertiary/aromatic N) is 5. The Labute approximate surface area is 207 Å². The highest BCUT2D eigenvalue weighted by Gasteiger charge is 2.17. The van der Waals surface area contributed by atoms with Crippen molar-refractivity contribution in [3.8, 4) is 22.8 Å². The van der Waals surface area contributed by atoms with Crippen molar-refractivity contribution < 1.29 is 9.53 Å². The average molecular weight is 485 g/mol. The fourth-order valence-electron chi connectivity index (χ4n) is 3.17. The van der Waals surface area contributed by atoms with E-state index in [1.165, 1.54) is 11.8 Å². The zero-order valence-electron chi connectivity index (χ0n) is 19.1. The van der Waals surface area contributed by atoms with E-state index >= 15 is 0 Å². The molecule has 0 spiro atoms. The van der Waals surface area contributed by atoms with E-state index < -0.39 is 0 Å². The van der Waals surface area contributed by atoms with Gasteiger partial charge in [-0.15, -0.1) is 10.2 Å². The molecule has 35 heavy (non-hydrogen) atoms. The van der Waals surface area contributed by atoms with Gasteiger partial charge in [0, 0.05) is 29.9 Å². The normalized spacial score (nSPS) is 11.2. The number of aromatic nitrogens is 4. The van der Waals surface area contributed by atoms with Gasteiger partial charge in [-0.1, -0.05) is 48.2 Å². The summed E-state index contributed by atoms with van der Waals surface area (Å²) in [7, 11) is 0. The van der Waals surface area contributed by atoms with Gasteiger partial charge < -0.3 is 4.74 Å². The van der Waals surface area contributed by atoms with Crippen molar-refractivity contribution in [1.29, 1.82) is 0 Å². The third-order valence-electron chi connectivity index (χ3n) is 4.73. The number of thioether (sulfide) groups is 1. The molecule has 2 heterocycles. The Morgan fingerprint density at radius 1 is 1.09 bits per heavy atom. The molecule has 1 amide bonds. The fraction of sp³-hybridized carbons (Fsp3) is 0.115. The Kier molecular flexibility index (Phi) is 8.39. The first kappa shape index (κ1) is 23.9. The van der Waals surface area contributed by atoms with Gasteiger partial charge in [-0.2, -0.15) is 5.10 Å². The fourth-order valence-corrected chi connectivity index (χ4v) is 3.91. The average Bonchev–Trinajstić information content (AvgIpc) is 3.33. The lowest BCUT2D eigenvalue weighted by molar-refractivity contribution is -0.118. The van der Waals surface area contributed by atoms with Crippen LogP contribution in [0.2, 0.25) is 0 Å². The minimum absolute atomic E-state index is 0.127. The van der Waals surface area contributed by atoms with Crippen LogP contribution < -0.4 is 10.2 Å². The number of hydrazone groups is 1. The summed E-state index contributed by atoms with van der Waals surface area (Å²) in [5.41, 5.74) is 5.26. The van der Waals surface area contributed by atoms with Crippen molar-refractivity contribution >= 4 is 30.0 Å². The van der Waals surface area contributed by atoms with E-state index in [1.807, 2.05) is 84.3 Å². The number of carbonyl (C=O) groups excluding carboxylic acids is 1. The maximum absolute atomic E-state index is 12.3. The molecule has 0 fully saturated rings. The topological polar surface area (TPSA) is 94.3 Å². The number of benzene rings is 2. The van der Waals surface area contributed by atoms with Crippen molar-refractivity contribution in [3.05, 3.63) is 90.8 Å². The van der Waals surface area contributed by atoms with Gasteiger partial charge in [0.1, 0.15) is 5.75 Å². The number of rotatable bonds is 10. The molecule has 4 aromatic rings. The molecule has 2 aromatic carbocycles. The van der Waals surface area contributed by atoms with Crippen LogP contribution >= 0.6 is 11.8 Å². The number of hydrogen-bond acceptors (Lipinski definition) is 7. The van der Waals surface area contributed by atoms with Crippen LogP contribution in [-0.4, -0.2) is 44.2 Å². The van der Waals surface area contributed by atoms with Gasteiger partial charge in [0.25, 0.3) is 5.91 Å². The highest BCUT2D eigenvalue weighted by molar-refractivity contribution is 7.99. The second-order valence-electron chi connectivity index (χ2n) is 7.18. The SMILES string of the molecule is CCOc1ccc(-n2c(SCC(=O)NN=CC=Cc3ccccc3)nnc2-c2cccnc2)cc1. The summed E-state index contributed by atoms with van der Waals surface area (Å²) < 4.78 is 7.45. The number of pyridine rings is 1. The summed E-state index contributed by atoms with van der Waals surface area (Å²) in [6.45, 7) is 2.53. The van der Waals surface area contributed by atoms with Crippen molar-refractivity contribution in [2.45, 2.75) is 12.1 Å².